The first kappa shape index (κ1) is 21.7. The van der Waals surface area contributed by atoms with Crippen molar-refractivity contribution < 1.29 is 4.39 Å². The Balaban J connectivity index is 1.23. The van der Waals surface area contributed by atoms with Gasteiger partial charge < -0.3 is 14.8 Å². The molecule has 3 aromatic carbocycles. The maximum Gasteiger partial charge on any atom is 0.204 e. The topological polar surface area (TPSA) is 33.1 Å². The van der Waals surface area contributed by atoms with E-state index in [0.29, 0.717) is 12.6 Å². The van der Waals surface area contributed by atoms with Crippen molar-refractivity contribution in [2.45, 2.75) is 38.8 Å². The number of benzene rings is 3. The molecule has 0 bridgehead atoms. The summed E-state index contributed by atoms with van der Waals surface area (Å²) >= 11 is 0. The van der Waals surface area contributed by atoms with Crippen molar-refractivity contribution in [2.24, 2.45) is 0 Å². The third-order valence-electron chi connectivity index (χ3n) is 6.67. The van der Waals surface area contributed by atoms with Gasteiger partial charge in [-0.3, -0.25) is 0 Å². The van der Waals surface area contributed by atoms with Crippen molar-refractivity contribution in [3.8, 4) is 0 Å². The van der Waals surface area contributed by atoms with E-state index in [9.17, 15) is 4.39 Å². The molecule has 0 saturated carbocycles. The monoisotopic (exact) mass is 442 g/mol. The summed E-state index contributed by atoms with van der Waals surface area (Å²) in [5.74, 6) is 0.695. The lowest BCUT2D eigenvalue weighted by Gasteiger charge is -2.32. The van der Waals surface area contributed by atoms with E-state index in [2.05, 4.69) is 58.1 Å². The van der Waals surface area contributed by atoms with Gasteiger partial charge in [0.25, 0.3) is 0 Å². The van der Waals surface area contributed by atoms with Gasteiger partial charge in [-0.25, -0.2) is 9.37 Å². The molecule has 0 radical (unpaired) electrons. The number of hydrogen-bond donors (Lipinski definition) is 1. The fourth-order valence-electron chi connectivity index (χ4n) is 4.64. The lowest BCUT2D eigenvalue weighted by atomic mass is 10.0. The average Bonchev–Trinajstić information content (AvgIpc) is 3.18. The van der Waals surface area contributed by atoms with Crippen LogP contribution in [0.3, 0.4) is 0 Å². The summed E-state index contributed by atoms with van der Waals surface area (Å²) in [4.78, 5) is 7.46. The molecule has 5 heteroatoms. The van der Waals surface area contributed by atoms with Crippen molar-refractivity contribution >= 4 is 17.0 Å². The molecule has 0 spiro atoms. The number of likely N-dealkylation sites (tertiary alicyclic amines) is 1. The Morgan fingerprint density at radius 3 is 2.36 bits per heavy atom. The number of fused-ring (bicyclic) bond motifs is 1. The van der Waals surface area contributed by atoms with E-state index in [1.165, 1.54) is 23.3 Å². The molecule has 5 rings (SSSR count). The van der Waals surface area contributed by atoms with Gasteiger partial charge in [-0.05, 0) is 61.6 Å². The van der Waals surface area contributed by atoms with Crippen LogP contribution in [0.5, 0.6) is 0 Å². The van der Waals surface area contributed by atoms with Crippen LogP contribution in [0.2, 0.25) is 0 Å². The Bertz CT molecular complexity index is 1190. The largest absolute Gasteiger partial charge is 0.353 e. The zero-order chi connectivity index (χ0) is 22.6. The number of piperidine rings is 1. The smallest absolute Gasteiger partial charge is 0.204 e. The minimum atomic E-state index is -0.207. The number of nitrogens with one attached hydrogen (secondary N) is 1. The first-order valence-electron chi connectivity index (χ1n) is 11.9. The maximum atomic E-state index is 13.4. The summed E-state index contributed by atoms with van der Waals surface area (Å²) in [6.07, 6.45) is 3.31. The van der Waals surface area contributed by atoms with Crippen LogP contribution < -0.4 is 5.32 Å². The molecule has 4 aromatic rings. The number of aromatic nitrogens is 2. The first-order chi connectivity index (χ1) is 16.1. The molecule has 2 heterocycles. The van der Waals surface area contributed by atoms with E-state index >= 15 is 0 Å². The molecule has 33 heavy (non-hydrogen) atoms. The van der Waals surface area contributed by atoms with E-state index in [0.717, 1.165) is 61.4 Å². The maximum absolute atomic E-state index is 13.4. The summed E-state index contributed by atoms with van der Waals surface area (Å²) in [6.45, 7) is 6.11. The van der Waals surface area contributed by atoms with Crippen molar-refractivity contribution in [3.63, 3.8) is 0 Å². The summed E-state index contributed by atoms with van der Waals surface area (Å²) in [5, 5.41) is 3.72. The van der Waals surface area contributed by atoms with E-state index in [-0.39, 0.29) is 5.82 Å². The van der Waals surface area contributed by atoms with Gasteiger partial charge in [0.2, 0.25) is 5.95 Å². The van der Waals surface area contributed by atoms with Gasteiger partial charge in [0.15, 0.2) is 0 Å². The minimum Gasteiger partial charge on any atom is -0.353 e. The molecule has 0 atom stereocenters. The molecule has 0 amide bonds. The molecule has 4 nitrogen and oxygen atoms in total. The van der Waals surface area contributed by atoms with Crippen LogP contribution in [-0.2, 0) is 13.0 Å². The fourth-order valence-corrected chi connectivity index (χ4v) is 4.64. The number of hydrogen-bond acceptors (Lipinski definition) is 3. The highest BCUT2D eigenvalue weighted by molar-refractivity contribution is 5.78. The van der Waals surface area contributed by atoms with Crippen molar-refractivity contribution in [2.75, 3.05) is 25.0 Å². The fraction of sp³-hybridized carbons (Fsp3) is 0.321. The van der Waals surface area contributed by atoms with Crippen LogP contribution in [0, 0.1) is 12.7 Å². The van der Waals surface area contributed by atoms with Gasteiger partial charge in [-0.1, -0.05) is 54.1 Å². The van der Waals surface area contributed by atoms with Gasteiger partial charge in [0.05, 0.1) is 17.6 Å². The number of anilines is 1. The second-order valence-electron chi connectivity index (χ2n) is 9.13. The van der Waals surface area contributed by atoms with Gasteiger partial charge >= 0.3 is 0 Å². The Morgan fingerprint density at radius 1 is 0.909 bits per heavy atom. The number of para-hydroxylation sites is 2. The Kier molecular flexibility index (Phi) is 6.40. The van der Waals surface area contributed by atoms with Crippen LogP contribution in [0.1, 0.15) is 29.5 Å². The Labute approximate surface area is 195 Å². The van der Waals surface area contributed by atoms with Gasteiger partial charge in [-0.15, -0.1) is 0 Å². The van der Waals surface area contributed by atoms with Gasteiger partial charge in [-0.2, -0.15) is 0 Å². The third kappa shape index (κ3) is 5.25. The van der Waals surface area contributed by atoms with E-state index in [1.54, 1.807) is 0 Å². The molecule has 0 unspecified atom stereocenters. The van der Waals surface area contributed by atoms with Gasteiger partial charge in [0.1, 0.15) is 5.82 Å². The number of halogens is 1. The molecule has 1 fully saturated rings. The van der Waals surface area contributed by atoms with Crippen molar-refractivity contribution in [1.29, 1.82) is 0 Å². The van der Waals surface area contributed by atoms with Crippen LogP contribution in [0.25, 0.3) is 11.0 Å². The van der Waals surface area contributed by atoms with Crippen LogP contribution >= 0.6 is 0 Å². The highest BCUT2D eigenvalue weighted by Gasteiger charge is 2.21. The molecular weight excluding hydrogens is 411 g/mol. The summed E-state index contributed by atoms with van der Waals surface area (Å²) < 4.78 is 15.6. The van der Waals surface area contributed by atoms with E-state index < -0.39 is 0 Å². The highest BCUT2D eigenvalue weighted by atomic mass is 19.1. The third-order valence-corrected chi connectivity index (χ3v) is 6.67. The molecular formula is C28H31FN4. The molecule has 1 aromatic heterocycles. The van der Waals surface area contributed by atoms with Crippen LogP contribution in [0.4, 0.5) is 10.3 Å². The predicted molar refractivity (Wildman–Crippen MR) is 133 cm³/mol. The van der Waals surface area contributed by atoms with Gasteiger partial charge in [0, 0.05) is 25.7 Å². The summed E-state index contributed by atoms with van der Waals surface area (Å²) in [7, 11) is 0. The van der Waals surface area contributed by atoms with Crippen molar-refractivity contribution in [1.82, 2.24) is 14.5 Å². The molecule has 1 N–H and O–H groups in total. The number of nitrogens with zero attached hydrogens (tertiary/aromatic N) is 3. The quantitative estimate of drug-likeness (QED) is 0.401. The van der Waals surface area contributed by atoms with Crippen molar-refractivity contribution in [3.05, 3.63) is 95.3 Å². The molecule has 1 aliphatic rings. The Morgan fingerprint density at radius 2 is 1.61 bits per heavy atom. The van der Waals surface area contributed by atoms with Crippen LogP contribution in [-0.4, -0.2) is 40.1 Å². The van der Waals surface area contributed by atoms with E-state index in [1.807, 2.05) is 24.3 Å². The molecule has 1 aliphatic heterocycles. The summed E-state index contributed by atoms with van der Waals surface area (Å²) in [5.41, 5.74) is 5.87. The highest BCUT2D eigenvalue weighted by Crippen LogP contribution is 2.24. The number of imidazole rings is 1. The lowest BCUT2D eigenvalue weighted by Crippen LogP contribution is -2.40. The molecule has 170 valence electrons. The zero-order valence-electron chi connectivity index (χ0n) is 19.2. The average molecular weight is 443 g/mol. The number of rotatable bonds is 7. The van der Waals surface area contributed by atoms with E-state index in [4.69, 9.17) is 4.98 Å². The lowest BCUT2D eigenvalue weighted by molar-refractivity contribution is 0.221. The molecule has 1 saturated heterocycles. The normalized spacial score (nSPS) is 15.2. The first-order valence-corrected chi connectivity index (χ1v) is 11.9. The standard InChI is InChI=1S/C28H31FN4/c1-21-6-8-22(9-7-21)14-17-32-18-15-25(16-19-32)30-28-31-26-4-2-3-5-27(26)33(28)20-23-10-12-24(29)13-11-23/h2-13,25H,14-20H2,1H3,(H,30,31). The SMILES string of the molecule is Cc1ccc(CCN2CCC(Nc3nc4ccccc4n3Cc3ccc(F)cc3)CC2)cc1. The minimum absolute atomic E-state index is 0.207. The molecule has 0 aliphatic carbocycles. The summed E-state index contributed by atoms with van der Waals surface area (Å²) in [6, 6.07) is 24.2. The zero-order valence-corrected chi connectivity index (χ0v) is 19.2. The number of aryl methyl sites for hydroxylation is 1. The predicted octanol–water partition coefficient (Wildman–Crippen LogP) is 5.65. The Hall–Kier alpha value is -3.18. The van der Waals surface area contributed by atoms with Crippen LogP contribution in [0.15, 0.2) is 72.8 Å². The second kappa shape index (κ2) is 9.75. The second-order valence-corrected chi connectivity index (χ2v) is 9.13.